The maximum Gasteiger partial charge on any atom is 0.159 e. The lowest BCUT2D eigenvalue weighted by atomic mass is 9.99. The van der Waals surface area contributed by atoms with Gasteiger partial charge in [0.05, 0.1) is 18.2 Å². The summed E-state index contributed by atoms with van der Waals surface area (Å²) in [5.41, 5.74) is 4.22. The van der Waals surface area contributed by atoms with E-state index in [1.54, 1.807) is 0 Å². The zero-order valence-electron chi connectivity index (χ0n) is 12.0. The van der Waals surface area contributed by atoms with E-state index in [9.17, 15) is 0 Å². The van der Waals surface area contributed by atoms with Crippen molar-refractivity contribution in [2.45, 2.75) is 33.2 Å². The Morgan fingerprint density at radius 3 is 3.10 bits per heavy atom. The molecule has 5 heteroatoms. The Morgan fingerprint density at radius 1 is 1.45 bits per heavy atom. The van der Waals surface area contributed by atoms with Crippen molar-refractivity contribution in [1.29, 1.82) is 5.26 Å². The Labute approximate surface area is 118 Å². The summed E-state index contributed by atoms with van der Waals surface area (Å²) >= 11 is 0. The Kier molecular flexibility index (Phi) is 3.41. The second kappa shape index (κ2) is 5.22. The number of piperidine rings is 1. The first-order chi connectivity index (χ1) is 9.67. The predicted molar refractivity (Wildman–Crippen MR) is 76.1 cm³/mol. The van der Waals surface area contributed by atoms with E-state index in [2.05, 4.69) is 21.1 Å². The third kappa shape index (κ3) is 2.39. The number of aromatic nitrogens is 3. The molecule has 2 aromatic heterocycles. The standard InChI is InChI=1S/C15H19N5/c1-11-6-12(2)20-15(18-11)14(8-17-20)10-19-5-3-4-13(7-16)9-19/h6,8,13H,3-5,9-10H2,1-2H3/t13-/m1/s1. The van der Waals surface area contributed by atoms with E-state index in [1.807, 2.05) is 30.6 Å². The van der Waals surface area contributed by atoms with E-state index in [0.717, 1.165) is 55.1 Å². The fourth-order valence-electron chi connectivity index (χ4n) is 2.97. The van der Waals surface area contributed by atoms with Crippen LogP contribution in [0.5, 0.6) is 0 Å². The van der Waals surface area contributed by atoms with Gasteiger partial charge in [0.1, 0.15) is 0 Å². The highest BCUT2D eigenvalue weighted by Crippen LogP contribution is 2.20. The highest BCUT2D eigenvalue weighted by Gasteiger charge is 2.21. The van der Waals surface area contributed by atoms with Crippen LogP contribution >= 0.6 is 0 Å². The molecular formula is C15H19N5. The zero-order chi connectivity index (χ0) is 14.1. The average molecular weight is 269 g/mol. The van der Waals surface area contributed by atoms with Crippen molar-refractivity contribution in [1.82, 2.24) is 19.5 Å². The van der Waals surface area contributed by atoms with Crippen LogP contribution in [0.1, 0.15) is 29.8 Å². The summed E-state index contributed by atoms with van der Waals surface area (Å²) in [7, 11) is 0. The summed E-state index contributed by atoms with van der Waals surface area (Å²) in [6, 6.07) is 4.43. The minimum absolute atomic E-state index is 0.169. The number of hydrogen-bond donors (Lipinski definition) is 0. The minimum Gasteiger partial charge on any atom is -0.298 e. The molecule has 1 atom stereocenters. The van der Waals surface area contributed by atoms with E-state index in [0.29, 0.717) is 0 Å². The van der Waals surface area contributed by atoms with E-state index in [-0.39, 0.29) is 5.92 Å². The number of likely N-dealkylation sites (tertiary alicyclic amines) is 1. The van der Waals surface area contributed by atoms with Gasteiger partial charge in [0, 0.05) is 30.0 Å². The molecule has 1 aliphatic rings. The van der Waals surface area contributed by atoms with Crippen molar-refractivity contribution in [2.75, 3.05) is 13.1 Å². The topological polar surface area (TPSA) is 57.2 Å². The second-order valence-corrected chi connectivity index (χ2v) is 5.65. The fraction of sp³-hybridized carbons (Fsp3) is 0.533. The molecule has 0 unspecified atom stereocenters. The summed E-state index contributed by atoms with van der Waals surface area (Å²) in [6.45, 7) is 6.80. The van der Waals surface area contributed by atoms with Gasteiger partial charge in [0.2, 0.25) is 0 Å². The first-order valence-electron chi connectivity index (χ1n) is 7.10. The number of aryl methyl sites for hydroxylation is 2. The highest BCUT2D eigenvalue weighted by molar-refractivity contribution is 5.47. The van der Waals surface area contributed by atoms with E-state index < -0.39 is 0 Å². The highest BCUT2D eigenvalue weighted by atomic mass is 15.3. The van der Waals surface area contributed by atoms with Crippen molar-refractivity contribution < 1.29 is 0 Å². The van der Waals surface area contributed by atoms with Crippen LogP contribution in [-0.2, 0) is 6.54 Å². The molecule has 1 fully saturated rings. The molecule has 5 nitrogen and oxygen atoms in total. The summed E-state index contributed by atoms with van der Waals surface area (Å²) < 4.78 is 1.90. The van der Waals surface area contributed by atoms with Crippen molar-refractivity contribution >= 4 is 5.65 Å². The zero-order valence-corrected chi connectivity index (χ0v) is 12.0. The largest absolute Gasteiger partial charge is 0.298 e. The first-order valence-corrected chi connectivity index (χ1v) is 7.10. The van der Waals surface area contributed by atoms with E-state index in [4.69, 9.17) is 5.26 Å². The molecule has 3 heterocycles. The molecule has 0 bridgehead atoms. The molecule has 2 aromatic rings. The molecule has 104 valence electrons. The summed E-state index contributed by atoms with van der Waals surface area (Å²) in [5, 5.41) is 13.5. The van der Waals surface area contributed by atoms with Gasteiger partial charge in [0.25, 0.3) is 0 Å². The Bertz CT molecular complexity index is 667. The summed E-state index contributed by atoms with van der Waals surface area (Å²) in [5.74, 6) is 0.169. The van der Waals surface area contributed by atoms with Crippen LogP contribution in [0, 0.1) is 31.1 Å². The van der Waals surface area contributed by atoms with Gasteiger partial charge in [-0.15, -0.1) is 0 Å². The normalized spacial score (nSPS) is 20.1. The quantitative estimate of drug-likeness (QED) is 0.837. The Morgan fingerprint density at radius 2 is 2.30 bits per heavy atom. The van der Waals surface area contributed by atoms with E-state index >= 15 is 0 Å². The first kappa shape index (κ1) is 13.1. The van der Waals surface area contributed by atoms with Crippen LogP contribution in [0.4, 0.5) is 0 Å². The molecule has 0 aromatic carbocycles. The Hall–Kier alpha value is -1.93. The van der Waals surface area contributed by atoms with Gasteiger partial charge in [0.15, 0.2) is 5.65 Å². The molecule has 0 radical (unpaired) electrons. The van der Waals surface area contributed by atoms with Crippen LogP contribution in [0.3, 0.4) is 0 Å². The molecule has 1 saturated heterocycles. The molecule has 0 aliphatic carbocycles. The molecule has 1 aliphatic heterocycles. The van der Waals surface area contributed by atoms with Crippen molar-refractivity contribution in [3.05, 3.63) is 29.2 Å². The van der Waals surface area contributed by atoms with Crippen molar-refractivity contribution in [2.24, 2.45) is 5.92 Å². The molecule has 0 N–H and O–H groups in total. The van der Waals surface area contributed by atoms with Crippen LogP contribution in [0.2, 0.25) is 0 Å². The molecule has 3 rings (SSSR count). The van der Waals surface area contributed by atoms with Gasteiger partial charge in [-0.2, -0.15) is 10.4 Å². The van der Waals surface area contributed by atoms with Crippen LogP contribution < -0.4 is 0 Å². The lowest BCUT2D eigenvalue weighted by Crippen LogP contribution is -2.34. The molecular weight excluding hydrogens is 250 g/mol. The van der Waals surface area contributed by atoms with Gasteiger partial charge in [-0.05, 0) is 39.3 Å². The van der Waals surface area contributed by atoms with Crippen molar-refractivity contribution in [3.8, 4) is 6.07 Å². The number of nitrogens with zero attached hydrogens (tertiary/aromatic N) is 5. The number of fused-ring (bicyclic) bond motifs is 1. The summed E-state index contributed by atoms with van der Waals surface area (Å²) in [4.78, 5) is 6.95. The molecule has 0 spiro atoms. The molecule has 0 amide bonds. The van der Waals surface area contributed by atoms with Gasteiger partial charge in [-0.1, -0.05) is 0 Å². The number of hydrogen-bond acceptors (Lipinski definition) is 4. The maximum absolute atomic E-state index is 9.07. The predicted octanol–water partition coefficient (Wildman–Crippen LogP) is 2.08. The van der Waals surface area contributed by atoms with Crippen LogP contribution in [-0.4, -0.2) is 32.6 Å². The number of nitriles is 1. The van der Waals surface area contributed by atoms with Crippen LogP contribution in [0.25, 0.3) is 5.65 Å². The summed E-state index contributed by atoms with van der Waals surface area (Å²) in [6.07, 6.45) is 4.03. The van der Waals surface area contributed by atoms with E-state index in [1.165, 1.54) is 0 Å². The minimum atomic E-state index is 0.169. The fourth-order valence-corrected chi connectivity index (χ4v) is 2.97. The monoisotopic (exact) mass is 269 g/mol. The third-order valence-electron chi connectivity index (χ3n) is 3.93. The number of rotatable bonds is 2. The average Bonchev–Trinajstić information content (AvgIpc) is 2.82. The molecule has 0 saturated carbocycles. The Balaban J connectivity index is 1.86. The van der Waals surface area contributed by atoms with Gasteiger partial charge in [-0.3, -0.25) is 4.90 Å². The SMILES string of the molecule is Cc1cc(C)n2ncc(CN3CCC[C@H](C#N)C3)c2n1. The lowest BCUT2D eigenvalue weighted by molar-refractivity contribution is 0.192. The third-order valence-corrected chi connectivity index (χ3v) is 3.93. The lowest BCUT2D eigenvalue weighted by Gasteiger charge is -2.28. The van der Waals surface area contributed by atoms with Gasteiger partial charge < -0.3 is 0 Å². The second-order valence-electron chi connectivity index (χ2n) is 5.65. The van der Waals surface area contributed by atoms with Crippen LogP contribution in [0.15, 0.2) is 12.3 Å². The molecule has 20 heavy (non-hydrogen) atoms. The van der Waals surface area contributed by atoms with Gasteiger partial charge in [-0.25, -0.2) is 9.50 Å². The smallest absolute Gasteiger partial charge is 0.159 e. The maximum atomic E-state index is 9.07. The van der Waals surface area contributed by atoms with Crippen molar-refractivity contribution in [3.63, 3.8) is 0 Å². The van der Waals surface area contributed by atoms with Gasteiger partial charge >= 0.3 is 0 Å².